The molecule has 0 radical (unpaired) electrons. The highest BCUT2D eigenvalue weighted by Gasteiger charge is 2.50. The lowest BCUT2D eigenvalue weighted by Gasteiger charge is -2.18. The Bertz CT molecular complexity index is 615. The predicted molar refractivity (Wildman–Crippen MR) is 71.0 cm³/mol. The molecule has 4 atom stereocenters. The zero-order chi connectivity index (χ0) is 17.1. The second kappa shape index (κ2) is 6.71. The fourth-order valence-electron chi connectivity index (χ4n) is 2.24. The topological polar surface area (TPSA) is 143 Å². The maximum absolute atomic E-state index is 11.2. The standard InChI is InChI=1S/C12H15N3O8/c1-6(16)21-5-8-9(18)10(22-7(2)17)11(23-8)14-4-3-13-12(14)15(19)20/h3-4,8-11,18H,5H2,1-2H3/t8-,9-,10-,11?/m1/s1. The third-order valence-electron chi connectivity index (χ3n) is 3.15. The molecule has 0 bridgehead atoms. The second-order valence-corrected chi connectivity index (χ2v) is 4.82. The van der Waals surface area contributed by atoms with Gasteiger partial charge in [-0.2, -0.15) is 4.57 Å². The van der Waals surface area contributed by atoms with E-state index in [9.17, 15) is 24.8 Å². The summed E-state index contributed by atoms with van der Waals surface area (Å²) < 4.78 is 16.3. The van der Waals surface area contributed by atoms with Crippen molar-refractivity contribution < 1.29 is 33.8 Å². The summed E-state index contributed by atoms with van der Waals surface area (Å²) in [5, 5.41) is 21.2. The number of carbonyl (C=O) groups is 2. The summed E-state index contributed by atoms with van der Waals surface area (Å²) in [6.07, 6.45) is -2.27. The van der Waals surface area contributed by atoms with Crippen LogP contribution in [-0.4, -0.2) is 56.4 Å². The van der Waals surface area contributed by atoms with Crippen molar-refractivity contribution in [3.63, 3.8) is 0 Å². The van der Waals surface area contributed by atoms with E-state index in [0.717, 1.165) is 11.5 Å². The number of hydrogen-bond acceptors (Lipinski definition) is 9. The number of aromatic nitrogens is 2. The number of imidazole rings is 1. The van der Waals surface area contributed by atoms with Crippen molar-refractivity contribution in [2.24, 2.45) is 0 Å². The molecule has 11 nitrogen and oxygen atoms in total. The Balaban J connectivity index is 2.27. The molecule has 1 aromatic rings. The van der Waals surface area contributed by atoms with Crippen LogP contribution in [0.4, 0.5) is 5.95 Å². The molecule has 0 aromatic carbocycles. The minimum Gasteiger partial charge on any atom is -0.463 e. The first-order valence-electron chi connectivity index (χ1n) is 6.62. The Morgan fingerprint density at radius 2 is 2.17 bits per heavy atom. The molecule has 0 aliphatic carbocycles. The van der Waals surface area contributed by atoms with Crippen LogP contribution in [0.3, 0.4) is 0 Å². The van der Waals surface area contributed by atoms with Gasteiger partial charge >= 0.3 is 17.9 Å². The zero-order valence-electron chi connectivity index (χ0n) is 12.3. The molecule has 0 saturated carbocycles. The first kappa shape index (κ1) is 16.8. The van der Waals surface area contributed by atoms with E-state index in [2.05, 4.69) is 4.98 Å². The van der Waals surface area contributed by atoms with Crippen LogP contribution >= 0.6 is 0 Å². The van der Waals surface area contributed by atoms with Gasteiger partial charge in [-0.05, 0) is 4.92 Å². The van der Waals surface area contributed by atoms with Crippen molar-refractivity contribution in [1.29, 1.82) is 0 Å². The van der Waals surface area contributed by atoms with Crippen LogP contribution in [0.1, 0.15) is 20.1 Å². The van der Waals surface area contributed by atoms with Gasteiger partial charge in [0.1, 0.15) is 31.2 Å². The average molecular weight is 329 g/mol. The fourth-order valence-corrected chi connectivity index (χ4v) is 2.24. The lowest BCUT2D eigenvalue weighted by molar-refractivity contribution is -0.398. The number of aliphatic hydroxyl groups is 1. The number of hydrogen-bond donors (Lipinski definition) is 1. The summed E-state index contributed by atoms with van der Waals surface area (Å²) in [6.45, 7) is 2.03. The molecule has 23 heavy (non-hydrogen) atoms. The van der Waals surface area contributed by atoms with E-state index in [1.165, 1.54) is 19.3 Å². The second-order valence-electron chi connectivity index (χ2n) is 4.82. The van der Waals surface area contributed by atoms with Gasteiger partial charge in [0.05, 0.1) is 0 Å². The molecular formula is C12H15N3O8. The lowest BCUT2D eigenvalue weighted by atomic mass is 10.1. The highest BCUT2D eigenvalue weighted by molar-refractivity contribution is 5.66. The van der Waals surface area contributed by atoms with Crippen LogP contribution in [0.15, 0.2) is 12.4 Å². The number of carbonyl (C=O) groups excluding carboxylic acids is 2. The van der Waals surface area contributed by atoms with E-state index >= 15 is 0 Å². The van der Waals surface area contributed by atoms with Gasteiger partial charge in [0.25, 0.3) is 0 Å². The molecule has 1 saturated heterocycles. The number of ether oxygens (including phenoxy) is 3. The summed E-state index contributed by atoms with van der Waals surface area (Å²) in [5.41, 5.74) is 0. The molecule has 1 aromatic heterocycles. The SMILES string of the molecule is CC(=O)OC[C@H]1OC(n2ccnc2[N+](=O)[O-])[C@H](OC(C)=O)[C@@H]1O. The molecule has 0 spiro atoms. The number of esters is 2. The third kappa shape index (κ3) is 3.63. The van der Waals surface area contributed by atoms with E-state index in [0.29, 0.717) is 0 Å². The maximum Gasteiger partial charge on any atom is 0.436 e. The molecule has 2 rings (SSSR count). The van der Waals surface area contributed by atoms with Crippen molar-refractivity contribution in [3.05, 3.63) is 22.5 Å². The molecular weight excluding hydrogens is 314 g/mol. The first-order chi connectivity index (χ1) is 10.8. The maximum atomic E-state index is 11.2. The summed E-state index contributed by atoms with van der Waals surface area (Å²) in [7, 11) is 0. The van der Waals surface area contributed by atoms with Crippen LogP contribution in [-0.2, 0) is 23.8 Å². The van der Waals surface area contributed by atoms with Crippen LogP contribution in [0, 0.1) is 10.1 Å². The van der Waals surface area contributed by atoms with Gasteiger partial charge < -0.3 is 29.4 Å². The Morgan fingerprint density at radius 1 is 1.48 bits per heavy atom. The average Bonchev–Trinajstić information content (AvgIpc) is 3.03. The molecule has 2 heterocycles. The Hall–Kier alpha value is -2.53. The zero-order valence-corrected chi connectivity index (χ0v) is 12.3. The van der Waals surface area contributed by atoms with Gasteiger partial charge in [0.15, 0.2) is 6.10 Å². The third-order valence-corrected chi connectivity index (χ3v) is 3.15. The highest BCUT2D eigenvalue weighted by Crippen LogP contribution is 2.34. The van der Waals surface area contributed by atoms with Crippen LogP contribution < -0.4 is 0 Å². The van der Waals surface area contributed by atoms with Gasteiger partial charge in [-0.25, -0.2) is 0 Å². The van der Waals surface area contributed by atoms with Crippen molar-refractivity contribution in [3.8, 4) is 0 Å². The first-order valence-corrected chi connectivity index (χ1v) is 6.62. The molecule has 1 unspecified atom stereocenters. The quantitative estimate of drug-likeness (QED) is 0.431. The van der Waals surface area contributed by atoms with Gasteiger partial charge in [-0.15, -0.1) is 0 Å². The van der Waals surface area contributed by atoms with Gasteiger partial charge in [-0.1, -0.05) is 4.98 Å². The van der Waals surface area contributed by atoms with E-state index in [1.807, 2.05) is 0 Å². The summed E-state index contributed by atoms with van der Waals surface area (Å²) in [4.78, 5) is 35.9. The van der Waals surface area contributed by atoms with Gasteiger partial charge in [0.2, 0.25) is 6.23 Å². The Kier molecular flexibility index (Phi) is 4.91. The lowest BCUT2D eigenvalue weighted by Crippen LogP contribution is -2.37. The Labute approximate surface area is 129 Å². The molecule has 1 fully saturated rings. The molecule has 0 amide bonds. The molecule has 1 aliphatic heterocycles. The summed E-state index contributed by atoms with van der Waals surface area (Å²) >= 11 is 0. The van der Waals surface area contributed by atoms with E-state index < -0.39 is 47.4 Å². The highest BCUT2D eigenvalue weighted by atomic mass is 16.6. The predicted octanol–water partition coefficient (Wildman–Crippen LogP) is -0.456. The van der Waals surface area contributed by atoms with E-state index in [1.54, 1.807) is 0 Å². The van der Waals surface area contributed by atoms with Gasteiger partial charge in [0, 0.05) is 13.8 Å². The van der Waals surface area contributed by atoms with E-state index in [4.69, 9.17) is 14.2 Å². The molecule has 126 valence electrons. The largest absolute Gasteiger partial charge is 0.463 e. The summed E-state index contributed by atoms with van der Waals surface area (Å²) in [6, 6.07) is 0. The minimum absolute atomic E-state index is 0.284. The smallest absolute Gasteiger partial charge is 0.436 e. The van der Waals surface area contributed by atoms with Crippen molar-refractivity contribution in [2.45, 2.75) is 38.4 Å². The number of nitro groups is 1. The molecule has 11 heteroatoms. The normalized spacial score (nSPS) is 26.7. The molecule has 1 N–H and O–H groups in total. The van der Waals surface area contributed by atoms with E-state index in [-0.39, 0.29) is 6.61 Å². The van der Waals surface area contributed by atoms with Crippen LogP contribution in [0.25, 0.3) is 0 Å². The summed E-state index contributed by atoms with van der Waals surface area (Å²) in [5.74, 6) is -1.81. The van der Waals surface area contributed by atoms with Gasteiger partial charge in [-0.3, -0.25) is 9.59 Å². The van der Waals surface area contributed by atoms with Crippen molar-refractivity contribution in [1.82, 2.24) is 9.55 Å². The van der Waals surface area contributed by atoms with Crippen LogP contribution in [0.5, 0.6) is 0 Å². The van der Waals surface area contributed by atoms with Crippen LogP contribution in [0.2, 0.25) is 0 Å². The Morgan fingerprint density at radius 3 is 2.74 bits per heavy atom. The fraction of sp³-hybridized carbons (Fsp3) is 0.583. The monoisotopic (exact) mass is 329 g/mol. The minimum atomic E-state index is -1.33. The number of aliphatic hydroxyl groups excluding tert-OH is 1. The molecule has 1 aliphatic rings. The number of rotatable bonds is 5. The number of nitrogens with zero attached hydrogens (tertiary/aromatic N) is 3. The van der Waals surface area contributed by atoms with Crippen molar-refractivity contribution >= 4 is 17.9 Å². The van der Waals surface area contributed by atoms with Crippen molar-refractivity contribution in [2.75, 3.05) is 6.61 Å².